The summed E-state index contributed by atoms with van der Waals surface area (Å²) in [6.07, 6.45) is 2.48. The average Bonchev–Trinajstić information content (AvgIpc) is 3.12. The van der Waals surface area contributed by atoms with Gasteiger partial charge in [-0.1, -0.05) is 22.5 Å². The lowest BCUT2D eigenvalue weighted by molar-refractivity contribution is 0.467. The van der Waals surface area contributed by atoms with Crippen LogP contribution in [0.2, 0.25) is 0 Å². The highest BCUT2D eigenvalue weighted by Gasteiger charge is 2.20. The third-order valence-electron chi connectivity index (χ3n) is 2.92. The lowest BCUT2D eigenvalue weighted by atomic mass is 10.2. The van der Waals surface area contributed by atoms with Crippen molar-refractivity contribution < 1.29 is 9.13 Å². The quantitative estimate of drug-likeness (QED) is 0.914. The maximum atomic E-state index is 13.4. The molecule has 0 saturated heterocycles. The van der Waals surface area contributed by atoms with E-state index in [0.29, 0.717) is 29.1 Å². The summed E-state index contributed by atoms with van der Waals surface area (Å²) in [5.41, 5.74) is 0.596. The first kappa shape index (κ1) is 12.5. The Hall–Kier alpha value is -1.53. The molecule has 1 heterocycles. The first-order valence-electron chi connectivity index (χ1n) is 6.20. The molecule has 1 N–H and O–H groups in total. The SMILES string of the molecule is Cc1ccc(Oc2nnc(CNC3CC3)s2)cc1F. The number of hydrogen-bond donors (Lipinski definition) is 1. The summed E-state index contributed by atoms with van der Waals surface area (Å²) in [6.45, 7) is 2.43. The van der Waals surface area contributed by atoms with Crippen LogP contribution >= 0.6 is 11.3 Å². The van der Waals surface area contributed by atoms with Gasteiger partial charge in [0.1, 0.15) is 16.6 Å². The largest absolute Gasteiger partial charge is 0.430 e. The Bertz CT molecular complexity index is 583. The molecule has 1 aromatic heterocycles. The van der Waals surface area contributed by atoms with Crippen LogP contribution in [0.5, 0.6) is 10.9 Å². The van der Waals surface area contributed by atoms with Gasteiger partial charge < -0.3 is 10.1 Å². The molecule has 1 fully saturated rings. The summed E-state index contributed by atoms with van der Waals surface area (Å²) in [5.74, 6) is 0.165. The van der Waals surface area contributed by atoms with Crippen molar-refractivity contribution in [3.63, 3.8) is 0 Å². The van der Waals surface area contributed by atoms with Crippen LogP contribution in [0, 0.1) is 12.7 Å². The monoisotopic (exact) mass is 279 g/mol. The van der Waals surface area contributed by atoms with Crippen LogP contribution in [-0.2, 0) is 6.54 Å². The molecule has 0 amide bonds. The maximum Gasteiger partial charge on any atom is 0.299 e. The van der Waals surface area contributed by atoms with Crippen molar-refractivity contribution in [3.8, 4) is 10.9 Å². The zero-order chi connectivity index (χ0) is 13.2. The fraction of sp³-hybridized carbons (Fsp3) is 0.385. The van der Waals surface area contributed by atoms with Crippen molar-refractivity contribution in [2.45, 2.75) is 32.4 Å². The summed E-state index contributed by atoms with van der Waals surface area (Å²) < 4.78 is 18.9. The number of nitrogens with one attached hydrogen (secondary N) is 1. The third kappa shape index (κ3) is 3.27. The molecule has 1 aromatic carbocycles. The molecule has 0 bridgehead atoms. The molecule has 0 aliphatic heterocycles. The van der Waals surface area contributed by atoms with Gasteiger partial charge in [0.25, 0.3) is 5.19 Å². The minimum atomic E-state index is -0.280. The highest BCUT2D eigenvalue weighted by molar-refractivity contribution is 7.13. The Morgan fingerprint density at radius 3 is 3.00 bits per heavy atom. The number of halogens is 1. The lowest BCUT2D eigenvalue weighted by Crippen LogP contribution is -2.14. The zero-order valence-corrected chi connectivity index (χ0v) is 11.3. The number of hydrogen-bond acceptors (Lipinski definition) is 5. The number of ether oxygens (including phenoxy) is 1. The van der Waals surface area contributed by atoms with E-state index in [9.17, 15) is 4.39 Å². The van der Waals surface area contributed by atoms with E-state index in [4.69, 9.17) is 4.74 Å². The molecule has 0 atom stereocenters. The van der Waals surface area contributed by atoms with Gasteiger partial charge in [-0.25, -0.2) is 4.39 Å². The van der Waals surface area contributed by atoms with Crippen molar-refractivity contribution in [1.29, 1.82) is 0 Å². The number of aryl methyl sites for hydroxylation is 1. The Morgan fingerprint density at radius 2 is 2.26 bits per heavy atom. The van der Waals surface area contributed by atoms with Gasteiger partial charge in [-0.05, 0) is 31.4 Å². The molecule has 6 heteroatoms. The second-order valence-corrected chi connectivity index (χ2v) is 5.65. The van der Waals surface area contributed by atoms with Crippen molar-refractivity contribution >= 4 is 11.3 Å². The molecule has 1 aliphatic carbocycles. The molecule has 0 spiro atoms. The molecule has 100 valence electrons. The van der Waals surface area contributed by atoms with Crippen molar-refractivity contribution in [2.24, 2.45) is 0 Å². The fourth-order valence-corrected chi connectivity index (χ4v) is 2.27. The van der Waals surface area contributed by atoms with Gasteiger partial charge in [0.05, 0.1) is 6.54 Å². The average molecular weight is 279 g/mol. The van der Waals surface area contributed by atoms with E-state index in [-0.39, 0.29) is 5.82 Å². The first-order chi connectivity index (χ1) is 9.20. The van der Waals surface area contributed by atoms with E-state index in [1.807, 2.05) is 0 Å². The Kier molecular flexibility index (Phi) is 3.44. The number of benzene rings is 1. The number of rotatable bonds is 5. The van der Waals surface area contributed by atoms with Gasteiger partial charge in [-0.2, -0.15) is 0 Å². The predicted molar refractivity (Wildman–Crippen MR) is 71.0 cm³/mol. The van der Waals surface area contributed by atoms with E-state index < -0.39 is 0 Å². The summed E-state index contributed by atoms with van der Waals surface area (Å²) in [7, 11) is 0. The molecule has 0 radical (unpaired) electrons. The molecule has 2 aromatic rings. The van der Waals surface area contributed by atoms with E-state index >= 15 is 0 Å². The zero-order valence-electron chi connectivity index (χ0n) is 10.5. The summed E-state index contributed by atoms with van der Waals surface area (Å²) in [5, 5.41) is 12.7. The smallest absolute Gasteiger partial charge is 0.299 e. The molecular formula is C13H14FN3OS. The second kappa shape index (κ2) is 5.22. The Labute approximate surface area is 114 Å². The summed E-state index contributed by atoms with van der Waals surface area (Å²) in [4.78, 5) is 0. The van der Waals surface area contributed by atoms with Crippen LogP contribution < -0.4 is 10.1 Å². The van der Waals surface area contributed by atoms with E-state index in [1.165, 1.54) is 30.2 Å². The molecule has 1 aliphatic rings. The Balaban J connectivity index is 1.63. The highest BCUT2D eigenvalue weighted by atomic mass is 32.1. The third-order valence-corrected chi connectivity index (χ3v) is 3.72. The van der Waals surface area contributed by atoms with Crippen molar-refractivity contribution in [3.05, 3.63) is 34.6 Å². The Morgan fingerprint density at radius 1 is 1.42 bits per heavy atom. The van der Waals surface area contributed by atoms with Gasteiger partial charge in [0.2, 0.25) is 0 Å². The fourth-order valence-electron chi connectivity index (χ4n) is 1.61. The van der Waals surface area contributed by atoms with Gasteiger partial charge in [0, 0.05) is 12.1 Å². The minimum absolute atomic E-state index is 0.280. The topological polar surface area (TPSA) is 47.0 Å². The van der Waals surface area contributed by atoms with Crippen LogP contribution in [-0.4, -0.2) is 16.2 Å². The van der Waals surface area contributed by atoms with E-state index in [0.717, 1.165) is 5.01 Å². The molecular weight excluding hydrogens is 265 g/mol. The van der Waals surface area contributed by atoms with Crippen LogP contribution in [0.25, 0.3) is 0 Å². The normalized spacial score (nSPS) is 14.6. The minimum Gasteiger partial charge on any atom is -0.430 e. The molecule has 19 heavy (non-hydrogen) atoms. The molecule has 1 saturated carbocycles. The molecule has 4 nitrogen and oxygen atoms in total. The number of aromatic nitrogens is 2. The summed E-state index contributed by atoms with van der Waals surface area (Å²) in [6, 6.07) is 5.40. The van der Waals surface area contributed by atoms with Crippen LogP contribution in [0.1, 0.15) is 23.4 Å². The van der Waals surface area contributed by atoms with Crippen molar-refractivity contribution in [1.82, 2.24) is 15.5 Å². The van der Waals surface area contributed by atoms with Gasteiger partial charge >= 0.3 is 0 Å². The van der Waals surface area contributed by atoms with Gasteiger partial charge in [-0.15, -0.1) is 5.10 Å². The second-order valence-electron chi connectivity index (χ2n) is 4.63. The highest BCUT2D eigenvalue weighted by Crippen LogP contribution is 2.27. The number of nitrogens with zero attached hydrogens (tertiary/aromatic N) is 2. The van der Waals surface area contributed by atoms with Crippen LogP contribution in [0.3, 0.4) is 0 Å². The van der Waals surface area contributed by atoms with E-state index in [1.54, 1.807) is 19.1 Å². The molecule has 3 rings (SSSR count). The van der Waals surface area contributed by atoms with Gasteiger partial charge in [0.15, 0.2) is 0 Å². The van der Waals surface area contributed by atoms with Crippen LogP contribution in [0.4, 0.5) is 4.39 Å². The molecule has 0 unspecified atom stereocenters. The van der Waals surface area contributed by atoms with Crippen LogP contribution in [0.15, 0.2) is 18.2 Å². The lowest BCUT2D eigenvalue weighted by Gasteiger charge is -2.02. The van der Waals surface area contributed by atoms with E-state index in [2.05, 4.69) is 15.5 Å². The first-order valence-corrected chi connectivity index (χ1v) is 7.02. The standard InChI is InChI=1S/C13H14FN3OS/c1-8-2-5-10(6-11(8)14)18-13-17-16-12(19-13)7-15-9-3-4-9/h2,5-6,9,15H,3-4,7H2,1H3. The maximum absolute atomic E-state index is 13.4. The summed E-state index contributed by atoms with van der Waals surface area (Å²) >= 11 is 1.38. The predicted octanol–water partition coefficient (Wildman–Crippen LogP) is 3.03. The van der Waals surface area contributed by atoms with Gasteiger partial charge in [-0.3, -0.25) is 0 Å². The van der Waals surface area contributed by atoms with Crippen molar-refractivity contribution in [2.75, 3.05) is 0 Å².